The summed E-state index contributed by atoms with van der Waals surface area (Å²) in [6.45, 7) is 0. The largest absolute Gasteiger partial charge is 0.322 e. The number of piperazine rings is 1. The van der Waals surface area contributed by atoms with Crippen LogP contribution in [0.25, 0.3) is 10.9 Å². The van der Waals surface area contributed by atoms with Gasteiger partial charge in [0.15, 0.2) is 10.2 Å². The zero-order chi connectivity index (χ0) is 32.1. The van der Waals surface area contributed by atoms with Crippen molar-refractivity contribution in [1.82, 2.24) is 13.8 Å². The van der Waals surface area contributed by atoms with Crippen LogP contribution in [0, 0.1) is 0 Å². The van der Waals surface area contributed by atoms with E-state index in [0.717, 1.165) is 22.0 Å². The van der Waals surface area contributed by atoms with Gasteiger partial charge < -0.3 is 4.90 Å². The number of carbonyl (C=O) groups is 2. The van der Waals surface area contributed by atoms with Crippen molar-refractivity contribution >= 4 is 91.7 Å². The molecule has 0 spiro atoms. The number of benzene rings is 3. The number of aromatic nitrogens is 1. The van der Waals surface area contributed by atoms with E-state index in [2.05, 4.69) is 3.97 Å². The number of nitrogens with zero attached hydrogens (tertiary/aromatic N) is 4. The Morgan fingerprint density at radius 1 is 0.911 bits per heavy atom. The Balaban J connectivity index is 1.65. The van der Waals surface area contributed by atoms with E-state index < -0.39 is 50.8 Å². The van der Waals surface area contributed by atoms with Gasteiger partial charge in [0.2, 0.25) is 0 Å². The smallest absolute Gasteiger partial charge is 0.266 e. The molecule has 2 unspecified atom stereocenters. The molecular formula is C31H30N4O4S6. The summed E-state index contributed by atoms with van der Waals surface area (Å²) in [5.41, 5.74) is 1.88. The average molecular weight is 715 g/mol. The van der Waals surface area contributed by atoms with Crippen molar-refractivity contribution in [2.45, 2.75) is 33.1 Å². The third-order valence-corrected chi connectivity index (χ3v) is 15.8. The molecule has 3 aliphatic heterocycles. The minimum atomic E-state index is -4.25. The van der Waals surface area contributed by atoms with E-state index in [4.69, 9.17) is 22.4 Å². The van der Waals surface area contributed by atoms with Crippen LogP contribution in [0.1, 0.15) is 17.5 Å². The molecule has 234 valence electrons. The van der Waals surface area contributed by atoms with Gasteiger partial charge in [0.1, 0.15) is 6.17 Å². The second kappa shape index (κ2) is 10.7. The number of likely N-dealkylation sites (N-methyl/N-ethyl adjacent to an activating group) is 1. The van der Waals surface area contributed by atoms with Crippen LogP contribution >= 0.6 is 11.9 Å². The lowest BCUT2D eigenvalue weighted by Gasteiger charge is -2.50. The second-order valence-corrected chi connectivity index (χ2v) is 20.1. The molecule has 4 heterocycles. The summed E-state index contributed by atoms with van der Waals surface area (Å²) < 4.78 is 33.2. The molecule has 6 atom stereocenters. The highest BCUT2D eigenvalue weighted by atomic mass is 32.8. The van der Waals surface area contributed by atoms with E-state index in [1.165, 1.54) is 21.2 Å². The SMILES string of the molecule is CSn1cc([C@]23C[C@]4(S(C)=S)C(=O)N(C)[C@@H](S(C)=S)C(=O)N4[C@H]2N(S(=O)(=O)c2ccccc2)c2ccccc23)c2ccccc21. The lowest BCUT2D eigenvalue weighted by atomic mass is 9.72. The average Bonchev–Trinajstić information content (AvgIpc) is 3.65. The summed E-state index contributed by atoms with van der Waals surface area (Å²) in [6.07, 6.45) is 6.59. The first-order chi connectivity index (χ1) is 21.4. The minimum absolute atomic E-state index is 0.0940. The van der Waals surface area contributed by atoms with Gasteiger partial charge in [-0.3, -0.25) is 18.5 Å². The molecule has 45 heavy (non-hydrogen) atoms. The number of carbonyl (C=O) groups excluding carboxylic acids is 2. The van der Waals surface area contributed by atoms with Gasteiger partial charge in [-0.15, -0.1) is 0 Å². The quantitative estimate of drug-likeness (QED) is 0.301. The van der Waals surface area contributed by atoms with E-state index in [0.29, 0.717) is 5.69 Å². The molecule has 8 nitrogen and oxygen atoms in total. The van der Waals surface area contributed by atoms with Gasteiger partial charge in [0, 0.05) is 31.3 Å². The number of rotatable bonds is 6. The van der Waals surface area contributed by atoms with Crippen LogP contribution in [0.5, 0.6) is 0 Å². The first-order valence-corrected chi connectivity index (χ1v) is 21.8. The molecule has 3 aromatic carbocycles. The molecule has 0 aliphatic carbocycles. The standard InChI is InChI=1S/C31H30N4O4S6/c1-32-27(43(3)40)26(36)34-28-30(19-31(34,29(32)37)44(4)41,23-18-33(42-2)24-16-10-8-14-21(23)24)22-15-9-11-17-25(22)35(28)45(38,39)20-12-6-5-7-13-20/h5-18,27-28H,19H2,1-4H3/t27-,28-,30+,31-,43?,44?/m0/s1. The summed E-state index contributed by atoms with van der Waals surface area (Å²) in [6, 6.07) is 23.6. The fraction of sp³-hybridized carbons (Fsp3) is 0.290. The molecule has 0 saturated carbocycles. The molecule has 3 aliphatic rings. The Bertz CT molecular complexity index is 2070. The van der Waals surface area contributed by atoms with Crippen LogP contribution < -0.4 is 4.31 Å². The number of sulfonamides is 1. The van der Waals surface area contributed by atoms with Gasteiger partial charge in [0.05, 0.1) is 21.5 Å². The van der Waals surface area contributed by atoms with Crippen molar-refractivity contribution in [1.29, 1.82) is 0 Å². The van der Waals surface area contributed by atoms with Crippen LogP contribution in [-0.4, -0.2) is 76.2 Å². The maximum atomic E-state index is 14.9. The molecule has 2 amide bonds. The highest BCUT2D eigenvalue weighted by molar-refractivity contribution is 8.30. The molecule has 2 fully saturated rings. The molecule has 2 saturated heterocycles. The summed E-state index contributed by atoms with van der Waals surface area (Å²) in [4.78, 5) is 31.3. The Labute approximate surface area is 281 Å². The number of fused-ring (bicyclic) bond motifs is 6. The Morgan fingerprint density at radius 3 is 2.22 bits per heavy atom. The van der Waals surface area contributed by atoms with Gasteiger partial charge in [-0.1, -0.05) is 73.5 Å². The van der Waals surface area contributed by atoms with E-state index in [-0.39, 0.29) is 23.1 Å². The van der Waals surface area contributed by atoms with Crippen LogP contribution in [0.3, 0.4) is 0 Å². The number of hydrogen-bond donors (Lipinski definition) is 0. The van der Waals surface area contributed by atoms with Crippen molar-refractivity contribution in [2.75, 3.05) is 30.1 Å². The van der Waals surface area contributed by atoms with E-state index in [1.54, 1.807) is 60.9 Å². The lowest BCUT2D eigenvalue weighted by Crippen LogP contribution is -2.73. The maximum Gasteiger partial charge on any atom is 0.266 e. The minimum Gasteiger partial charge on any atom is -0.322 e. The third-order valence-electron chi connectivity index (χ3n) is 9.34. The molecule has 0 radical (unpaired) electrons. The maximum absolute atomic E-state index is 14.9. The fourth-order valence-electron chi connectivity index (χ4n) is 7.56. The van der Waals surface area contributed by atoms with Crippen LogP contribution in [0.2, 0.25) is 0 Å². The first-order valence-electron chi connectivity index (χ1n) is 14.0. The molecular weight excluding hydrogens is 685 g/mol. The first kappa shape index (κ1) is 31.0. The molecule has 1 aromatic heterocycles. The van der Waals surface area contributed by atoms with Crippen LogP contribution in [0.15, 0.2) is 90.0 Å². The Kier molecular flexibility index (Phi) is 7.38. The van der Waals surface area contributed by atoms with Crippen molar-refractivity contribution in [3.63, 3.8) is 0 Å². The third kappa shape index (κ3) is 3.95. The monoisotopic (exact) mass is 714 g/mol. The summed E-state index contributed by atoms with van der Waals surface area (Å²) in [7, 11) is -4.66. The normalized spacial score (nSPS) is 27.4. The predicted molar refractivity (Wildman–Crippen MR) is 190 cm³/mol. The van der Waals surface area contributed by atoms with E-state index in [9.17, 15) is 18.0 Å². The number of hydrogen-bond acceptors (Lipinski definition) is 7. The highest BCUT2D eigenvalue weighted by Gasteiger charge is 2.75. The predicted octanol–water partition coefficient (Wildman–Crippen LogP) is 3.74. The summed E-state index contributed by atoms with van der Waals surface area (Å²) >= 11 is 13.2. The Morgan fingerprint density at radius 2 is 1.56 bits per heavy atom. The van der Waals surface area contributed by atoms with Gasteiger partial charge in [0.25, 0.3) is 21.8 Å². The van der Waals surface area contributed by atoms with Crippen molar-refractivity contribution in [3.05, 3.63) is 96.2 Å². The van der Waals surface area contributed by atoms with Crippen LogP contribution in [0.4, 0.5) is 5.69 Å². The van der Waals surface area contributed by atoms with E-state index in [1.807, 2.05) is 54.9 Å². The number of para-hydroxylation sites is 2. The van der Waals surface area contributed by atoms with E-state index >= 15 is 0 Å². The topological polar surface area (TPSA) is 82.9 Å². The highest BCUT2D eigenvalue weighted by Crippen LogP contribution is 2.64. The van der Waals surface area contributed by atoms with Crippen molar-refractivity contribution in [3.8, 4) is 0 Å². The number of amides is 2. The number of anilines is 1. The Hall–Kier alpha value is -2.62. The molecule has 7 rings (SSSR count). The van der Waals surface area contributed by atoms with Crippen molar-refractivity contribution < 1.29 is 18.0 Å². The van der Waals surface area contributed by atoms with Crippen LogP contribution in [-0.2, 0) is 66.3 Å². The molecule has 4 aromatic rings. The summed E-state index contributed by atoms with van der Waals surface area (Å²) in [5, 5.41) is -0.00298. The zero-order valence-corrected chi connectivity index (χ0v) is 29.7. The molecule has 0 bridgehead atoms. The molecule has 14 heteroatoms. The second-order valence-electron chi connectivity index (χ2n) is 11.4. The van der Waals surface area contributed by atoms with Gasteiger partial charge >= 0.3 is 0 Å². The van der Waals surface area contributed by atoms with Crippen molar-refractivity contribution in [2.24, 2.45) is 0 Å². The van der Waals surface area contributed by atoms with Gasteiger partial charge in [-0.25, -0.2) is 12.7 Å². The van der Waals surface area contributed by atoms with Gasteiger partial charge in [-0.2, -0.15) is 0 Å². The molecule has 0 N–H and O–H groups in total. The lowest BCUT2D eigenvalue weighted by molar-refractivity contribution is -0.157. The van der Waals surface area contributed by atoms with Gasteiger partial charge in [-0.05, 0) is 82.2 Å². The zero-order valence-electron chi connectivity index (χ0n) is 24.8. The fourth-order valence-corrected chi connectivity index (χ4v) is 13.3. The summed E-state index contributed by atoms with van der Waals surface area (Å²) in [5.74, 6) is -0.669.